The Kier molecular flexibility index (Phi) is 5.50. The molecule has 2 aliphatic rings. The van der Waals surface area contributed by atoms with Crippen LogP contribution < -0.4 is 14.8 Å². The maximum atomic E-state index is 12.8. The predicted octanol–water partition coefficient (Wildman–Crippen LogP) is 5.62. The average molecular weight is 428 g/mol. The molecule has 2 heterocycles. The number of amides is 1. The summed E-state index contributed by atoms with van der Waals surface area (Å²) in [4.78, 5) is 20.2. The largest absolute Gasteiger partial charge is 0.497 e. The highest BCUT2D eigenvalue weighted by Crippen LogP contribution is 2.39. The number of nitrogens with zero attached hydrogens (tertiary/aromatic N) is 2. The van der Waals surface area contributed by atoms with Crippen LogP contribution in [0.2, 0.25) is 0 Å². The van der Waals surface area contributed by atoms with Crippen LogP contribution in [-0.4, -0.2) is 36.8 Å². The van der Waals surface area contributed by atoms with E-state index in [1.807, 2.05) is 48.5 Å². The number of fused-ring (bicyclic) bond motifs is 2. The Morgan fingerprint density at radius 2 is 1.81 bits per heavy atom. The Bertz CT molecular complexity index is 1180. The van der Waals surface area contributed by atoms with Gasteiger partial charge in [0.05, 0.1) is 12.7 Å². The van der Waals surface area contributed by atoms with Crippen LogP contribution in [0.15, 0.2) is 71.7 Å². The van der Waals surface area contributed by atoms with Gasteiger partial charge in [-0.1, -0.05) is 18.2 Å². The van der Waals surface area contributed by atoms with E-state index in [4.69, 9.17) is 14.5 Å². The summed E-state index contributed by atoms with van der Waals surface area (Å²) in [5.74, 6) is 2.80. The smallest absolute Gasteiger partial charge is 0.255 e. The van der Waals surface area contributed by atoms with Gasteiger partial charge < -0.3 is 19.7 Å². The third kappa shape index (κ3) is 4.04. The second-order valence-electron chi connectivity index (χ2n) is 7.95. The lowest BCUT2D eigenvalue weighted by Gasteiger charge is -2.30. The molecule has 0 saturated carbocycles. The fraction of sp³-hybridized carbons (Fsp3) is 0.231. The molecule has 0 unspecified atom stereocenters. The van der Waals surface area contributed by atoms with Crippen molar-refractivity contribution in [2.45, 2.75) is 19.3 Å². The van der Waals surface area contributed by atoms with Gasteiger partial charge in [-0.15, -0.1) is 0 Å². The van der Waals surface area contributed by atoms with Crippen molar-refractivity contribution in [2.24, 2.45) is 4.99 Å². The van der Waals surface area contributed by atoms with Crippen molar-refractivity contribution in [3.63, 3.8) is 0 Å². The number of ether oxygens (including phenoxy) is 2. The van der Waals surface area contributed by atoms with E-state index in [9.17, 15) is 4.79 Å². The fourth-order valence-corrected chi connectivity index (χ4v) is 4.11. The lowest BCUT2D eigenvalue weighted by atomic mass is 10.1. The molecule has 162 valence electrons. The number of aliphatic imine (C=N–C) groups is 1. The van der Waals surface area contributed by atoms with Crippen LogP contribution in [-0.2, 0) is 0 Å². The van der Waals surface area contributed by atoms with Crippen molar-refractivity contribution in [3.8, 4) is 17.2 Å². The highest BCUT2D eigenvalue weighted by Gasteiger charge is 2.24. The molecule has 1 amide bonds. The molecule has 3 aromatic rings. The summed E-state index contributed by atoms with van der Waals surface area (Å²) in [6.45, 7) is 1.92. The number of methoxy groups -OCH3 is 1. The lowest BCUT2D eigenvalue weighted by molar-refractivity contribution is 0.102. The number of rotatable bonds is 3. The van der Waals surface area contributed by atoms with E-state index in [1.54, 1.807) is 25.3 Å². The SMILES string of the molecule is COc1cccc(C(=O)Nc2ccc3c(c2)C(N2CCCCC2)=Nc2ccccc2O3)c1. The predicted molar refractivity (Wildman–Crippen MR) is 126 cm³/mol. The van der Waals surface area contributed by atoms with Gasteiger partial charge in [0.1, 0.15) is 23.0 Å². The molecule has 0 aromatic heterocycles. The molecule has 1 N–H and O–H groups in total. The number of nitrogens with one attached hydrogen (secondary N) is 1. The van der Waals surface area contributed by atoms with Gasteiger partial charge in [-0.25, -0.2) is 4.99 Å². The Balaban J connectivity index is 1.51. The standard InChI is InChI=1S/C26H25N3O3/c1-31-20-9-7-8-18(16-20)26(30)27-19-12-13-23-21(17-19)25(29-14-5-2-6-15-29)28-22-10-3-4-11-24(22)32-23/h3-4,7-13,16-17H,2,5-6,14-15H2,1H3,(H,27,30). The highest BCUT2D eigenvalue weighted by molar-refractivity contribution is 6.07. The number of anilines is 1. The molecule has 6 heteroatoms. The molecule has 0 atom stereocenters. The van der Waals surface area contributed by atoms with Crippen molar-refractivity contribution >= 4 is 23.1 Å². The zero-order valence-electron chi connectivity index (χ0n) is 18.0. The molecule has 2 aliphatic heterocycles. The van der Waals surface area contributed by atoms with Crippen molar-refractivity contribution in [2.75, 3.05) is 25.5 Å². The first-order valence-corrected chi connectivity index (χ1v) is 10.9. The number of hydrogen-bond acceptors (Lipinski definition) is 5. The van der Waals surface area contributed by atoms with Gasteiger partial charge in [0.25, 0.3) is 5.91 Å². The number of benzene rings is 3. The third-order valence-electron chi connectivity index (χ3n) is 5.78. The van der Waals surface area contributed by atoms with Crippen LogP contribution in [0.1, 0.15) is 35.2 Å². The molecule has 0 radical (unpaired) electrons. The van der Waals surface area contributed by atoms with Gasteiger partial charge in [-0.3, -0.25) is 4.79 Å². The second kappa shape index (κ2) is 8.75. The number of carbonyl (C=O) groups excluding carboxylic acids is 1. The van der Waals surface area contributed by atoms with Crippen molar-refractivity contribution in [1.82, 2.24) is 4.90 Å². The van der Waals surface area contributed by atoms with E-state index >= 15 is 0 Å². The maximum absolute atomic E-state index is 12.8. The van der Waals surface area contributed by atoms with E-state index in [0.717, 1.165) is 54.5 Å². The summed E-state index contributed by atoms with van der Waals surface area (Å²) in [5, 5.41) is 3.00. The number of para-hydroxylation sites is 2. The van der Waals surface area contributed by atoms with Crippen molar-refractivity contribution < 1.29 is 14.3 Å². The second-order valence-corrected chi connectivity index (χ2v) is 7.95. The molecule has 0 spiro atoms. The molecule has 32 heavy (non-hydrogen) atoms. The topological polar surface area (TPSA) is 63.2 Å². The molecular formula is C26H25N3O3. The molecule has 6 nitrogen and oxygen atoms in total. The van der Waals surface area contributed by atoms with Gasteiger partial charge in [0.2, 0.25) is 0 Å². The van der Waals surface area contributed by atoms with Gasteiger partial charge >= 0.3 is 0 Å². The van der Waals surface area contributed by atoms with Crippen molar-refractivity contribution in [1.29, 1.82) is 0 Å². The summed E-state index contributed by atoms with van der Waals surface area (Å²) in [6.07, 6.45) is 3.52. The normalized spacial score (nSPS) is 14.9. The van der Waals surface area contributed by atoms with Crippen LogP contribution in [0.3, 0.4) is 0 Å². The highest BCUT2D eigenvalue weighted by atomic mass is 16.5. The first-order valence-electron chi connectivity index (χ1n) is 10.9. The minimum atomic E-state index is -0.196. The molecule has 0 bridgehead atoms. The van der Waals surface area contributed by atoms with Crippen LogP contribution >= 0.6 is 0 Å². The maximum Gasteiger partial charge on any atom is 0.255 e. The quantitative estimate of drug-likeness (QED) is 0.589. The molecule has 5 rings (SSSR count). The third-order valence-corrected chi connectivity index (χ3v) is 5.78. The van der Waals surface area contributed by atoms with E-state index in [0.29, 0.717) is 17.0 Å². The number of amidine groups is 1. The van der Waals surface area contributed by atoms with Crippen LogP contribution in [0.5, 0.6) is 17.2 Å². The molecule has 0 aliphatic carbocycles. The number of hydrogen-bond donors (Lipinski definition) is 1. The van der Waals surface area contributed by atoms with E-state index in [2.05, 4.69) is 10.2 Å². The summed E-state index contributed by atoms with van der Waals surface area (Å²) in [7, 11) is 1.59. The minimum Gasteiger partial charge on any atom is -0.497 e. The monoisotopic (exact) mass is 427 g/mol. The van der Waals surface area contributed by atoms with E-state index in [-0.39, 0.29) is 5.91 Å². The van der Waals surface area contributed by atoms with E-state index < -0.39 is 0 Å². The Hall–Kier alpha value is -3.80. The molecule has 1 saturated heterocycles. The lowest BCUT2D eigenvalue weighted by Crippen LogP contribution is -2.36. The Labute approximate surface area is 187 Å². The molecule has 3 aromatic carbocycles. The average Bonchev–Trinajstić information content (AvgIpc) is 3.01. The Morgan fingerprint density at radius 1 is 0.969 bits per heavy atom. The first kappa shape index (κ1) is 20.1. The summed E-state index contributed by atoms with van der Waals surface area (Å²) >= 11 is 0. The molecular weight excluding hydrogens is 402 g/mol. The van der Waals surface area contributed by atoms with E-state index in [1.165, 1.54) is 6.42 Å². The van der Waals surface area contributed by atoms with Crippen LogP contribution in [0, 0.1) is 0 Å². The van der Waals surface area contributed by atoms with Gasteiger partial charge in [-0.2, -0.15) is 0 Å². The minimum absolute atomic E-state index is 0.196. The van der Waals surface area contributed by atoms with Crippen LogP contribution in [0.4, 0.5) is 11.4 Å². The summed E-state index contributed by atoms with van der Waals surface area (Å²) in [5.41, 5.74) is 2.92. The zero-order chi connectivity index (χ0) is 21.9. The Morgan fingerprint density at radius 3 is 2.66 bits per heavy atom. The van der Waals surface area contributed by atoms with Crippen LogP contribution in [0.25, 0.3) is 0 Å². The van der Waals surface area contributed by atoms with Gasteiger partial charge in [0, 0.05) is 24.3 Å². The summed E-state index contributed by atoms with van der Waals surface area (Å²) in [6, 6.07) is 20.6. The fourth-order valence-electron chi connectivity index (χ4n) is 4.11. The zero-order valence-corrected chi connectivity index (χ0v) is 18.0. The van der Waals surface area contributed by atoms with Gasteiger partial charge in [-0.05, 0) is 67.8 Å². The van der Waals surface area contributed by atoms with Crippen molar-refractivity contribution in [3.05, 3.63) is 77.9 Å². The number of likely N-dealkylation sites (tertiary alicyclic amines) is 1. The number of carbonyl (C=O) groups is 1. The molecule has 1 fully saturated rings. The first-order chi connectivity index (χ1) is 15.7. The summed E-state index contributed by atoms with van der Waals surface area (Å²) < 4.78 is 11.5. The van der Waals surface area contributed by atoms with Gasteiger partial charge in [0.15, 0.2) is 5.75 Å². The number of piperidine rings is 1.